The van der Waals surface area contributed by atoms with Gasteiger partial charge in [-0.1, -0.05) is 0 Å². The van der Waals surface area contributed by atoms with Crippen LogP contribution in [0.4, 0.5) is 5.69 Å². The second-order valence-corrected chi connectivity index (χ2v) is 4.64. The lowest BCUT2D eigenvalue weighted by Gasteiger charge is -2.16. The summed E-state index contributed by atoms with van der Waals surface area (Å²) < 4.78 is 22.0. The molecule has 0 radical (unpaired) electrons. The normalized spacial score (nSPS) is 15.4. The van der Waals surface area contributed by atoms with Crippen LogP contribution in [-0.2, 0) is 14.9 Å². The Kier molecular flexibility index (Phi) is 2.37. The Labute approximate surface area is 87.8 Å². The maximum Gasteiger partial charge on any atom is 0.238 e. The van der Waals surface area contributed by atoms with E-state index in [1.807, 2.05) is 6.08 Å². The van der Waals surface area contributed by atoms with Crippen molar-refractivity contribution < 1.29 is 13.3 Å². The monoisotopic (exact) mass is 226 g/mol. The standard InChI is InChI=1S/C9H10N2O3S/c10-15(12,13)9-4-2-8(3-5-9)11-6-1-7-14-11/h1-5,7H,6H2,(H2,10,12,13). The molecular formula is C9H10N2O3S. The summed E-state index contributed by atoms with van der Waals surface area (Å²) in [6.45, 7) is 0.648. The Morgan fingerprint density at radius 2 is 1.93 bits per heavy atom. The molecule has 0 saturated heterocycles. The molecule has 5 nitrogen and oxygen atoms in total. The van der Waals surface area contributed by atoms with E-state index in [4.69, 9.17) is 9.98 Å². The van der Waals surface area contributed by atoms with E-state index in [9.17, 15) is 8.42 Å². The van der Waals surface area contributed by atoms with Gasteiger partial charge in [0.05, 0.1) is 17.1 Å². The molecule has 0 amide bonds. The van der Waals surface area contributed by atoms with E-state index in [2.05, 4.69) is 0 Å². The number of benzene rings is 1. The van der Waals surface area contributed by atoms with Crippen molar-refractivity contribution in [2.45, 2.75) is 4.90 Å². The topological polar surface area (TPSA) is 72.6 Å². The van der Waals surface area contributed by atoms with Crippen molar-refractivity contribution in [3.05, 3.63) is 36.6 Å². The molecule has 0 spiro atoms. The van der Waals surface area contributed by atoms with Gasteiger partial charge >= 0.3 is 0 Å². The molecule has 6 heteroatoms. The highest BCUT2D eigenvalue weighted by Crippen LogP contribution is 2.19. The summed E-state index contributed by atoms with van der Waals surface area (Å²) in [5, 5.41) is 6.61. The fourth-order valence-electron chi connectivity index (χ4n) is 1.27. The van der Waals surface area contributed by atoms with E-state index in [1.54, 1.807) is 23.5 Å². The van der Waals surface area contributed by atoms with Crippen molar-refractivity contribution in [1.82, 2.24) is 0 Å². The van der Waals surface area contributed by atoms with Crippen LogP contribution in [0.5, 0.6) is 0 Å². The summed E-state index contributed by atoms with van der Waals surface area (Å²) in [4.78, 5) is 5.23. The lowest BCUT2D eigenvalue weighted by molar-refractivity contribution is 0.246. The van der Waals surface area contributed by atoms with Gasteiger partial charge in [0.25, 0.3) is 0 Å². The highest BCUT2D eigenvalue weighted by atomic mass is 32.2. The zero-order valence-corrected chi connectivity index (χ0v) is 8.65. The molecular weight excluding hydrogens is 216 g/mol. The number of rotatable bonds is 2. The average Bonchev–Trinajstić information content (AvgIpc) is 2.69. The Hall–Kier alpha value is -1.53. The van der Waals surface area contributed by atoms with Gasteiger partial charge in [-0.2, -0.15) is 0 Å². The lowest BCUT2D eigenvalue weighted by Crippen LogP contribution is -2.17. The molecule has 1 aliphatic heterocycles. The van der Waals surface area contributed by atoms with Crippen LogP contribution < -0.4 is 10.2 Å². The van der Waals surface area contributed by atoms with Crippen LogP contribution in [0.15, 0.2) is 41.5 Å². The summed E-state index contributed by atoms with van der Waals surface area (Å²) in [6.07, 6.45) is 3.43. The van der Waals surface area contributed by atoms with Gasteiger partial charge < -0.3 is 4.84 Å². The number of sulfonamides is 1. The first-order valence-electron chi connectivity index (χ1n) is 4.29. The molecule has 1 aromatic rings. The van der Waals surface area contributed by atoms with Crippen molar-refractivity contribution >= 4 is 15.7 Å². The summed E-state index contributed by atoms with van der Waals surface area (Å²) in [5.41, 5.74) is 0.785. The van der Waals surface area contributed by atoms with E-state index in [1.165, 1.54) is 12.1 Å². The minimum atomic E-state index is -3.62. The van der Waals surface area contributed by atoms with Gasteiger partial charge in [-0.25, -0.2) is 18.6 Å². The number of anilines is 1. The van der Waals surface area contributed by atoms with Crippen LogP contribution in [0.3, 0.4) is 0 Å². The Morgan fingerprint density at radius 1 is 1.27 bits per heavy atom. The maximum atomic E-state index is 11.0. The number of hydroxylamine groups is 1. The molecule has 1 aliphatic rings. The lowest BCUT2D eigenvalue weighted by atomic mass is 10.3. The number of hydrogen-bond donors (Lipinski definition) is 1. The quantitative estimate of drug-likeness (QED) is 0.801. The summed E-state index contributed by atoms with van der Waals surface area (Å²) in [7, 11) is -3.62. The van der Waals surface area contributed by atoms with Crippen LogP contribution in [0.2, 0.25) is 0 Å². The number of primary sulfonamides is 1. The van der Waals surface area contributed by atoms with Crippen LogP contribution in [-0.4, -0.2) is 15.0 Å². The molecule has 0 fully saturated rings. The fourth-order valence-corrected chi connectivity index (χ4v) is 1.78. The third-order valence-electron chi connectivity index (χ3n) is 2.01. The van der Waals surface area contributed by atoms with Gasteiger partial charge in [0.1, 0.15) is 6.26 Å². The van der Waals surface area contributed by atoms with Crippen LogP contribution >= 0.6 is 0 Å². The molecule has 0 bridgehead atoms. The van der Waals surface area contributed by atoms with E-state index >= 15 is 0 Å². The minimum Gasteiger partial charge on any atom is -0.387 e. The largest absolute Gasteiger partial charge is 0.387 e. The van der Waals surface area contributed by atoms with Gasteiger partial charge in [0.15, 0.2) is 0 Å². The smallest absolute Gasteiger partial charge is 0.238 e. The Bertz CT molecular complexity index is 471. The zero-order valence-electron chi connectivity index (χ0n) is 7.83. The highest BCUT2D eigenvalue weighted by Gasteiger charge is 2.11. The second-order valence-electron chi connectivity index (χ2n) is 3.08. The number of nitrogens with zero attached hydrogens (tertiary/aromatic N) is 1. The molecule has 0 aromatic heterocycles. The zero-order chi connectivity index (χ0) is 10.9. The number of nitrogens with two attached hydrogens (primary N) is 1. The summed E-state index contributed by atoms with van der Waals surface area (Å²) in [5.74, 6) is 0. The van der Waals surface area contributed by atoms with E-state index in [0.29, 0.717) is 6.54 Å². The van der Waals surface area contributed by atoms with Gasteiger partial charge in [-0.05, 0) is 30.3 Å². The molecule has 0 atom stereocenters. The second kappa shape index (κ2) is 3.56. The predicted octanol–water partition coefficient (Wildman–Crippen LogP) is 0.599. The maximum absolute atomic E-state index is 11.0. The first-order valence-corrected chi connectivity index (χ1v) is 5.84. The highest BCUT2D eigenvalue weighted by molar-refractivity contribution is 7.89. The van der Waals surface area contributed by atoms with Gasteiger partial charge in [-0.3, -0.25) is 0 Å². The van der Waals surface area contributed by atoms with Crippen LogP contribution in [0, 0.1) is 0 Å². The van der Waals surface area contributed by atoms with Crippen LogP contribution in [0.25, 0.3) is 0 Å². The summed E-state index contributed by atoms with van der Waals surface area (Å²) >= 11 is 0. The molecule has 80 valence electrons. The third kappa shape index (κ3) is 2.11. The average molecular weight is 226 g/mol. The van der Waals surface area contributed by atoms with Crippen LogP contribution in [0.1, 0.15) is 0 Å². The first kappa shape index (κ1) is 10.0. The Morgan fingerprint density at radius 3 is 2.40 bits per heavy atom. The third-order valence-corrected chi connectivity index (χ3v) is 2.94. The predicted molar refractivity (Wildman–Crippen MR) is 55.4 cm³/mol. The van der Waals surface area contributed by atoms with E-state index in [-0.39, 0.29) is 4.90 Å². The molecule has 2 N–H and O–H groups in total. The van der Waals surface area contributed by atoms with Crippen molar-refractivity contribution in [3.63, 3.8) is 0 Å². The summed E-state index contributed by atoms with van der Waals surface area (Å²) in [6, 6.07) is 6.19. The van der Waals surface area contributed by atoms with Crippen molar-refractivity contribution in [1.29, 1.82) is 0 Å². The number of hydrogen-bond acceptors (Lipinski definition) is 4. The van der Waals surface area contributed by atoms with Gasteiger partial charge in [-0.15, -0.1) is 0 Å². The van der Waals surface area contributed by atoms with Gasteiger partial charge in [0, 0.05) is 0 Å². The molecule has 0 unspecified atom stereocenters. The molecule has 0 saturated carbocycles. The minimum absolute atomic E-state index is 0.0957. The first-order chi connectivity index (χ1) is 7.07. The molecule has 0 aliphatic carbocycles. The molecule has 1 aromatic carbocycles. The van der Waals surface area contributed by atoms with Gasteiger partial charge in [0.2, 0.25) is 10.0 Å². The molecule has 15 heavy (non-hydrogen) atoms. The van der Waals surface area contributed by atoms with Crippen molar-refractivity contribution in [3.8, 4) is 0 Å². The SMILES string of the molecule is NS(=O)(=O)c1ccc(N2CC=CO2)cc1. The van der Waals surface area contributed by atoms with E-state index in [0.717, 1.165) is 5.69 Å². The fraction of sp³-hybridized carbons (Fsp3) is 0.111. The van der Waals surface area contributed by atoms with Crippen molar-refractivity contribution in [2.75, 3.05) is 11.6 Å². The molecule has 1 heterocycles. The van der Waals surface area contributed by atoms with Crippen molar-refractivity contribution in [2.24, 2.45) is 5.14 Å². The molecule has 2 rings (SSSR count). The van der Waals surface area contributed by atoms with E-state index < -0.39 is 10.0 Å². The Balaban J connectivity index is 2.24.